The van der Waals surface area contributed by atoms with Crippen molar-refractivity contribution in [3.63, 3.8) is 0 Å². The standard InChI is InChI=1S/C16H17NO2/c1-3-19-16(18)13(2)12-15-10-7-11-17(15)14-8-5-4-6-9-14/h4-12H,3H2,1-2H3/b13-12+. The van der Waals surface area contributed by atoms with Crippen LogP contribution in [0, 0.1) is 0 Å². The number of carbonyl (C=O) groups excluding carboxylic acids is 1. The van der Waals surface area contributed by atoms with E-state index >= 15 is 0 Å². The number of hydrogen-bond donors (Lipinski definition) is 0. The van der Waals surface area contributed by atoms with Gasteiger partial charge in [-0.3, -0.25) is 0 Å². The van der Waals surface area contributed by atoms with E-state index < -0.39 is 0 Å². The summed E-state index contributed by atoms with van der Waals surface area (Å²) in [5, 5.41) is 0. The predicted molar refractivity (Wildman–Crippen MR) is 76.1 cm³/mol. The van der Waals surface area contributed by atoms with Crippen LogP contribution in [0.25, 0.3) is 11.8 Å². The predicted octanol–water partition coefficient (Wildman–Crippen LogP) is 3.44. The molecule has 0 saturated carbocycles. The minimum atomic E-state index is -0.275. The van der Waals surface area contributed by atoms with Gasteiger partial charge in [0.15, 0.2) is 0 Å². The number of aromatic nitrogens is 1. The molecule has 0 unspecified atom stereocenters. The van der Waals surface area contributed by atoms with Gasteiger partial charge in [-0.2, -0.15) is 0 Å². The summed E-state index contributed by atoms with van der Waals surface area (Å²) in [4.78, 5) is 11.6. The van der Waals surface area contributed by atoms with Crippen molar-refractivity contribution in [2.45, 2.75) is 13.8 Å². The highest BCUT2D eigenvalue weighted by Crippen LogP contribution is 2.15. The second kappa shape index (κ2) is 6.05. The number of rotatable bonds is 4. The quantitative estimate of drug-likeness (QED) is 0.619. The number of benzene rings is 1. The molecule has 0 N–H and O–H groups in total. The van der Waals surface area contributed by atoms with E-state index in [0.29, 0.717) is 12.2 Å². The van der Waals surface area contributed by atoms with Crippen molar-refractivity contribution in [3.8, 4) is 5.69 Å². The van der Waals surface area contributed by atoms with E-state index in [4.69, 9.17) is 4.74 Å². The molecule has 0 aliphatic rings. The molecule has 1 aromatic carbocycles. The van der Waals surface area contributed by atoms with Crippen molar-refractivity contribution in [2.75, 3.05) is 6.61 Å². The first-order chi connectivity index (χ1) is 9.22. The van der Waals surface area contributed by atoms with Crippen molar-refractivity contribution in [3.05, 3.63) is 59.9 Å². The van der Waals surface area contributed by atoms with Gasteiger partial charge in [-0.15, -0.1) is 0 Å². The van der Waals surface area contributed by atoms with Crippen molar-refractivity contribution in [1.82, 2.24) is 4.57 Å². The number of para-hydroxylation sites is 1. The minimum Gasteiger partial charge on any atom is -0.463 e. The van der Waals surface area contributed by atoms with Gasteiger partial charge in [-0.1, -0.05) is 18.2 Å². The molecule has 0 radical (unpaired) electrons. The molecule has 0 atom stereocenters. The van der Waals surface area contributed by atoms with Crippen LogP contribution in [-0.4, -0.2) is 17.1 Å². The summed E-state index contributed by atoms with van der Waals surface area (Å²) < 4.78 is 7.01. The third-order valence-corrected chi connectivity index (χ3v) is 2.78. The van der Waals surface area contributed by atoms with Crippen molar-refractivity contribution >= 4 is 12.0 Å². The Balaban J connectivity index is 2.31. The molecule has 98 valence electrons. The molecule has 0 amide bonds. The monoisotopic (exact) mass is 255 g/mol. The third-order valence-electron chi connectivity index (χ3n) is 2.78. The average Bonchev–Trinajstić information content (AvgIpc) is 2.88. The van der Waals surface area contributed by atoms with Crippen LogP contribution in [0.3, 0.4) is 0 Å². The van der Waals surface area contributed by atoms with Gasteiger partial charge in [0.1, 0.15) is 0 Å². The normalized spacial score (nSPS) is 11.4. The highest BCUT2D eigenvalue weighted by Gasteiger charge is 2.07. The molecule has 0 saturated heterocycles. The number of ether oxygens (including phenoxy) is 1. The van der Waals surface area contributed by atoms with E-state index in [2.05, 4.69) is 0 Å². The Morgan fingerprint density at radius 3 is 2.63 bits per heavy atom. The maximum absolute atomic E-state index is 11.6. The summed E-state index contributed by atoms with van der Waals surface area (Å²) >= 11 is 0. The van der Waals surface area contributed by atoms with Crippen molar-refractivity contribution in [2.24, 2.45) is 0 Å². The Morgan fingerprint density at radius 2 is 1.95 bits per heavy atom. The molecule has 2 aromatic rings. The molecule has 0 bridgehead atoms. The van der Waals surface area contributed by atoms with E-state index in [1.54, 1.807) is 13.8 Å². The van der Waals surface area contributed by atoms with Gasteiger partial charge in [0.05, 0.1) is 6.61 Å². The molecule has 0 spiro atoms. The lowest BCUT2D eigenvalue weighted by Crippen LogP contribution is -2.05. The largest absolute Gasteiger partial charge is 0.463 e. The topological polar surface area (TPSA) is 31.2 Å². The lowest BCUT2D eigenvalue weighted by Gasteiger charge is -2.07. The second-order valence-corrected chi connectivity index (χ2v) is 4.19. The summed E-state index contributed by atoms with van der Waals surface area (Å²) in [5.74, 6) is -0.275. The van der Waals surface area contributed by atoms with Gasteiger partial charge < -0.3 is 9.30 Å². The molecule has 1 heterocycles. The van der Waals surface area contributed by atoms with E-state index in [-0.39, 0.29) is 5.97 Å². The van der Waals surface area contributed by atoms with Crippen LogP contribution < -0.4 is 0 Å². The molecule has 0 aliphatic heterocycles. The first-order valence-corrected chi connectivity index (χ1v) is 6.30. The van der Waals surface area contributed by atoms with E-state index in [1.807, 2.05) is 59.3 Å². The lowest BCUT2D eigenvalue weighted by atomic mass is 10.2. The fourth-order valence-electron chi connectivity index (χ4n) is 1.86. The van der Waals surface area contributed by atoms with Gasteiger partial charge in [0.25, 0.3) is 0 Å². The molecule has 0 aliphatic carbocycles. The summed E-state index contributed by atoms with van der Waals surface area (Å²) in [5.41, 5.74) is 2.62. The SMILES string of the molecule is CCOC(=O)/C(C)=C/c1cccn1-c1ccccc1. The van der Waals surface area contributed by atoms with Gasteiger partial charge in [-0.25, -0.2) is 4.79 Å². The molecule has 1 aromatic heterocycles. The summed E-state index contributed by atoms with van der Waals surface area (Å²) in [6.45, 7) is 3.96. The van der Waals surface area contributed by atoms with E-state index in [1.165, 1.54) is 0 Å². The molecule has 2 rings (SSSR count). The van der Waals surface area contributed by atoms with Crippen LogP contribution in [0.5, 0.6) is 0 Å². The fourth-order valence-corrected chi connectivity index (χ4v) is 1.86. The highest BCUT2D eigenvalue weighted by molar-refractivity contribution is 5.92. The van der Waals surface area contributed by atoms with Crippen LogP contribution >= 0.6 is 0 Å². The molecular formula is C16H17NO2. The number of esters is 1. The number of nitrogens with zero attached hydrogens (tertiary/aromatic N) is 1. The number of hydrogen-bond acceptors (Lipinski definition) is 2. The maximum atomic E-state index is 11.6. The smallest absolute Gasteiger partial charge is 0.333 e. The van der Waals surface area contributed by atoms with Crippen LogP contribution in [0.4, 0.5) is 0 Å². The Bertz CT molecular complexity index is 582. The zero-order valence-electron chi connectivity index (χ0n) is 11.2. The van der Waals surface area contributed by atoms with Crippen LogP contribution in [0.1, 0.15) is 19.5 Å². The molecule has 3 heteroatoms. The highest BCUT2D eigenvalue weighted by atomic mass is 16.5. The Labute approximate surface area is 113 Å². The van der Waals surface area contributed by atoms with Crippen LogP contribution in [-0.2, 0) is 9.53 Å². The zero-order chi connectivity index (χ0) is 13.7. The van der Waals surface area contributed by atoms with Crippen LogP contribution in [0.15, 0.2) is 54.2 Å². The van der Waals surface area contributed by atoms with Crippen molar-refractivity contribution in [1.29, 1.82) is 0 Å². The average molecular weight is 255 g/mol. The first kappa shape index (κ1) is 13.1. The van der Waals surface area contributed by atoms with Crippen LogP contribution in [0.2, 0.25) is 0 Å². The molecule has 3 nitrogen and oxygen atoms in total. The Kier molecular flexibility index (Phi) is 4.18. The molecule has 0 fully saturated rings. The fraction of sp³-hybridized carbons (Fsp3) is 0.188. The Morgan fingerprint density at radius 1 is 1.21 bits per heavy atom. The summed E-state index contributed by atoms with van der Waals surface area (Å²) in [7, 11) is 0. The number of carbonyl (C=O) groups is 1. The van der Waals surface area contributed by atoms with E-state index in [0.717, 1.165) is 11.4 Å². The molecule has 19 heavy (non-hydrogen) atoms. The zero-order valence-corrected chi connectivity index (χ0v) is 11.2. The first-order valence-electron chi connectivity index (χ1n) is 6.30. The second-order valence-electron chi connectivity index (χ2n) is 4.19. The van der Waals surface area contributed by atoms with Crippen molar-refractivity contribution < 1.29 is 9.53 Å². The third kappa shape index (κ3) is 3.13. The van der Waals surface area contributed by atoms with Gasteiger partial charge in [0, 0.05) is 23.2 Å². The maximum Gasteiger partial charge on any atom is 0.333 e. The minimum absolute atomic E-state index is 0.275. The summed E-state index contributed by atoms with van der Waals surface area (Å²) in [6, 6.07) is 13.9. The molecular weight excluding hydrogens is 238 g/mol. The lowest BCUT2D eigenvalue weighted by molar-refractivity contribution is -0.138. The van der Waals surface area contributed by atoms with Gasteiger partial charge >= 0.3 is 5.97 Å². The van der Waals surface area contributed by atoms with Gasteiger partial charge in [-0.05, 0) is 44.2 Å². The van der Waals surface area contributed by atoms with E-state index in [9.17, 15) is 4.79 Å². The summed E-state index contributed by atoms with van der Waals surface area (Å²) in [6.07, 6.45) is 3.81. The van der Waals surface area contributed by atoms with Gasteiger partial charge in [0.2, 0.25) is 0 Å². The Hall–Kier alpha value is -2.29.